The number of nitrogens with zero attached hydrogens (tertiary/aromatic N) is 1. The Morgan fingerprint density at radius 3 is 2.61 bits per heavy atom. The Balaban J connectivity index is 1.99. The molecule has 0 aromatic heterocycles. The summed E-state index contributed by atoms with van der Waals surface area (Å²) in [5, 5.41) is 13.8. The maximum Gasteiger partial charge on any atom is 0.339 e. The smallest absolute Gasteiger partial charge is 0.339 e. The molecule has 0 radical (unpaired) electrons. The summed E-state index contributed by atoms with van der Waals surface area (Å²) in [7, 11) is 1.55. The lowest BCUT2D eigenvalue weighted by atomic mass is 10.2. The van der Waals surface area contributed by atoms with Crippen LogP contribution in [0.5, 0.6) is 0 Å². The van der Waals surface area contributed by atoms with Crippen LogP contribution in [0.3, 0.4) is 0 Å². The summed E-state index contributed by atoms with van der Waals surface area (Å²) in [6.45, 7) is 0.618. The van der Waals surface area contributed by atoms with Gasteiger partial charge in [-0.15, -0.1) is 11.8 Å². The predicted octanol–water partition coefficient (Wildman–Crippen LogP) is 2.81. The van der Waals surface area contributed by atoms with Crippen LogP contribution in [0.25, 0.3) is 0 Å². The second kappa shape index (κ2) is 11.1. The van der Waals surface area contributed by atoms with Crippen LogP contribution in [-0.2, 0) is 20.9 Å². The van der Waals surface area contributed by atoms with Gasteiger partial charge in [0, 0.05) is 24.6 Å². The maximum atomic E-state index is 12.5. The number of para-hydroxylation sites is 1. The van der Waals surface area contributed by atoms with E-state index in [1.54, 1.807) is 43.5 Å². The van der Waals surface area contributed by atoms with Gasteiger partial charge >= 0.3 is 5.97 Å². The molecule has 2 rings (SSSR count). The van der Waals surface area contributed by atoms with E-state index in [0.717, 1.165) is 0 Å². The molecular weight excluding hydrogens is 384 g/mol. The molecular formula is C19H20N2O6S. The molecule has 1 amide bonds. The molecule has 0 atom stereocenters. The summed E-state index contributed by atoms with van der Waals surface area (Å²) >= 11 is 1.21. The largest absolute Gasteiger partial charge is 0.457 e. The highest BCUT2D eigenvalue weighted by molar-refractivity contribution is 8.00. The lowest BCUT2D eigenvalue weighted by molar-refractivity contribution is -0.385. The normalized spacial score (nSPS) is 10.3. The third-order valence-corrected chi connectivity index (χ3v) is 4.71. The Bertz CT molecular complexity index is 843. The number of methoxy groups -OCH3 is 1. The number of esters is 1. The number of carbonyl (C=O) groups is 2. The Morgan fingerprint density at radius 2 is 1.86 bits per heavy atom. The number of hydrogen-bond donors (Lipinski definition) is 1. The van der Waals surface area contributed by atoms with Gasteiger partial charge < -0.3 is 14.8 Å². The minimum absolute atomic E-state index is 0.106. The Hall–Kier alpha value is -2.91. The maximum absolute atomic E-state index is 12.5. The van der Waals surface area contributed by atoms with Crippen molar-refractivity contribution < 1.29 is 24.0 Å². The summed E-state index contributed by atoms with van der Waals surface area (Å²) in [6.07, 6.45) is 0. The SMILES string of the molecule is COCCNC(=O)CSc1ccccc1C(=O)OCc1ccccc1[N+](=O)[O-]. The van der Waals surface area contributed by atoms with Gasteiger partial charge in [-0.25, -0.2) is 4.79 Å². The van der Waals surface area contributed by atoms with Crippen LogP contribution in [0.15, 0.2) is 53.4 Å². The summed E-state index contributed by atoms with van der Waals surface area (Å²) in [6, 6.07) is 12.8. The van der Waals surface area contributed by atoms with E-state index >= 15 is 0 Å². The molecule has 28 heavy (non-hydrogen) atoms. The van der Waals surface area contributed by atoms with Crippen LogP contribution >= 0.6 is 11.8 Å². The molecule has 0 spiro atoms. The zero-order valence-corrected chi connectivity index (χ0v) is 16.1. The number of hydrogen-bond acceptors (Lipinski definition) is 7. The highest BCUT2D eigenvalue weighted by atomic mass is 32.2. The topological polar surface area (TPSA) is 108 Å². The van der Waals surface area contributed by atoms with E-state index in [-0.39, 0.29) is 24.0 Å². The standard InChI is InChI=1S/C19H20N2O6S/c1-26-11-10-20-18(22)13-28-17-9-5-3-7-15(17)19(23)27-12-14-6-2-4-8-16(14)21(24)25/h2-9H,10-13H2,1H3,(H,20,22). The average molecular weight is 404 g/mol. The highest BCUT2D eigenvalue weighted by Crippen LogP contribution is 2.24. The molecule has 0 aliphatic heterocycles. The van der Waals surface area contributed by atoms with E-state index < -0.39 is 10.9 Å². The van der Waals surface area contributed by atoms with Crippen LogP contribution in [-0.4, -0.2) is 42.8 Å². The highest BCUT2D eigenvalue weighted by Gasteiger charge is 2.17. The van der Waals surface area contributed by atoms with E-state index in [0.29, 0.717) is 29.2 Å². The van der Waals surface area contributed by atoms with Crippen LogP contribution in [0.4, 0.5) is 5.69 Å². The minimum Gasteiger partial charge on any atom is -0.457 e. The second-order valence-corrected chi connectivity index (χ2v) is 6.61. The molecule has 0 saturated carbocycles. The summed E-state index contributed by atoms with van der Waals surface area (Å²) in [5.74, 6) is -0.649. The van der Waals surface area contributed by atoms with Crippen LogP contribution in [0.2, 0.25) is 0 Å². The number of rotatable bonds is 10. The number of carbonyl (C=O) groups excluding carboxylic acids is 2. The Labute approximate surface area is 166 Å². The van der Waals surface area contributed by atoms with Crippen molar-refractivity contribution in [3.05, 3.63) is 69.8 Å². The molecule has 2 aromatic rings. The van der Waals surface area contributed by atoms with Crippen LogP contribution in [0.1, 0.15) is 15.9 Å². The number of thioether (sulfide) groups is 1. The fraction of sp³-hybridized carbons (Fsp3) is 0.263. The van der Waals surface area contributed by atoms with Gasteiger partial charge in [-0.3, -0.25) is 14.9 Å². The van der Waals surface area contributed by atoms with Gasteiger partial charge in [0.15, 0.2) is 0 Å². The summed E-state index contributed by atoms with van der Waals surface area (Å²) in [5.41, 5.74) is 0.505. The molecule has 0 aliphatic rings. The van der Waals surface area contributed by atoms with Gasteiger partial charge in [0.2, 0.25) is 5.91 Å². The first kappa shape index (κ1) is 21.4. The first-order chi connectivity index (χ1) is 13.5. The number of nitro groups is 1. The summed E-state index contributed by atoms with van der Waals surface area (Å²) < 4.78 is 10.1. The van der Waals surface area contributed by atoms with E-state index in [2.05, 4.69) is 5.32 Å². The lowest BCUT2D eigenvalue weighted by Gasteiger charge is -2.10. The van der Waals surface area contributed by atoms with Crippen molar-refractivity contribution >= 4 is 29.3 Å². The van der Waals surface area contributed by atoms with Gasteiger partial charge in [0.25, 0.3) is 5.69 Å². The van der Waals surface area contributed by atoms with Crippen molar-refractivity contribution in [2.45, 2.75) is 11.5 Å². The van der Waals surface area contributed by atoms with E-state index in [9.17, 15) is 19.7 Å². The molecule has 0 unspecified atom stereocenters. The number of benzene rings is 2. The van der Waals surface area contributed by atoms with Gasteiger partial charge in [-0.1, -0.05) is 24.3 Å². The van der Waals surface area contributed by atoms with Gasteiger partial charge in [0.1, 0.15) is 6.61 Å². The molecule has 0 heterocycles. The van der Waals surface area contributed by atoms with Crippen LogP contribution in [0, 0.1) is 10.1 Å². The average Bonchev–Trinajstić information content (AvgIpc) is 2.71. The molecule has 0 aliphatic carbocycles. The molecule has 9 heteroatoms. The minimum atomic E-state index is -0.610. The van der Waals surface area contributed by atoms with E-state index in [1.165, 1.54) is 23.9 Å². The van der Waals surface area contributed by atoms with Crippen molar-refractivity contribution in [1.29, 1.82) is 0 Å². The molecule has 0 bridgehead atoms. The van der Waals surface area contributed by atoms with Crippen molar-refractivity contribution in [3.63, 3.8) is 0 Å². The van der Waals surface area contributed by atoms with Gasteiger partial charge in [-0.2, -0.15) is 0 Å². The lowest BCUT2D eigenvalue weighted by Crippen LogP contribution is -2.28. The van der Waals surface area contributed by atoms with Gasteiger partial charge in [0.05, 0.1) is 28.4 Å². The molecule has 0 fully saturated rings. The van der Waals surface area contributed by atoms with E-state index in [1.807, 2.05) is 0 Å². The van der Waals surface area contributed by atoms with Crippen molar-refractivity contribution in [1.82, 2.24) is 5.32 Å². The van der Waals surface area contributed by atoms with Gasteiger partial charge in [-0.05, 0) is 18.2 Å². The second-order valence-electron chi connectivity index (χ2n) is 5.59. The molecule has 8 nitrogen and oxygen atoms in total. The van der Waals surface area contributed by atoms with Crippen LogP contribution < -0.4 is 5.32 Å². The third kappa shape index (κ3) is 6.36. The first-order valence-electron chi connectivity index (χ1n) is 8.39. The molecule has 2 aromatic carbocycles. The fourth-order valence-electron chi connectivity index (χ4n) is 2.28. The zero-order valence-electron chi connectivity index (χ0n) is 15.3. The van der Waals surface area contributed by atoms with Crippen molar-refractivity contribution in [2.75, 3.05) is 26.0 Å². The number of nitrogens with one attached hydrogen (secondary N) is 1. The number of nitro benzene ring substituents is 1. The Kier molecular flexibility index (Phi) is 8.44. The monoisotopic (exact) mass is 404 g/mol. The van der Waals surface area contributed by atoms with Crippen molar-refractivity contribution in [2.24, 2.45) is 0 Å². The number of amides is 1. The molecule has 0 saturated heterocycles. The molecule has 1 N–H and O–H groups in total. The third-order valence-electron chi connectivity index (χ3n) is 3.64. The van der Waals surface area contributed by atoms with E-state index in [4.69, 9.17) is 9.47 Å². The molecule has 148 valence electrons. The predicted molar refractivity (Wildman–Crippen MR) is 104 cm³/mol. The quantitative estimate of drug-likeness (QED) is 0.213. The fourth-order valence-corrected chi connectivity index (χ4v) is 3.15. The number of ether oxygens (including phenoxy) is 2. The first-order valence-corrected chi connectivity index (χ1v) is 9.38. The zero-order chi connectivity index (χ0) is 20.4. The summed E-state index contributed by atoms with van der Waals surface area (Å²) in [4.78, 5) is 35.4. The van der Waals surface area contributed by atoms with Crippen molar-refractivity contribution in [3.8, 4) is 0 Å². The Morgan fingerprint density at radius 1 is 1.14 bits per heavy atom.